The molecule has 0 unspecified atom stereocenters. The van der Waals surface area contributed by atoms with Gasteiger partial charge in [0.05, 0.1) is 11.4 Å². The normalized spacial score (nSPS) is 16.1. The van der Waals surface area contributed by atoms with Crippen molar-refractivity contribution in [1.29, 1.82) is 0 Å². The molecule has 0 radical (unpaired) electrons. The number of esters is 1. The number of nitrogens with zero attached hydrogens (tertiary/aromatic N) is 2. The molecule has 2 aromatic rings. The van der Waals surface area contributed by atoms with Gasteiger partial charge in [-0.3, -0.25) is 28.6 Å². The van der Waals surface area contributed by atoms with Gasteiger partial charge < -0.3 is 10.1 Å². The summed E-state index contributed by atoms with van der Waals surface area (Å²) in [5, 5.41) is 4.43. The average Bonchev–Trinajstić information content (AvgIpc) is 2.94. The van der Waals surface area contributed by atoms with Crippen LogP contribution in [0.25, 0.3) is 0 Å². The lowest BCUT2D eigenvalue weighted by Crippen LogP contribution is -2.60. The highest BCUT2D eigenvalue weighted by atomic mass is 32.1. The minimum atomic E-state index is -1.16. The van der Waals surface area contributed by atoms with Gasteiger partial charge in [0, 0.05) is 11.1 Å². The van der Waals surface area contributed by atoms with E-state index in [-0.39, 0.29) is 17.3 Å². The minimum Gasteiger partial charge on any atom is -0.451 e. The molecule has 0 saturated carbocycles. The van der Waals surface area contributed by atoms with Crippen LogP contribution < -0.4 is 15.1 Å². The molecule has 28 heavy (non-hydrogen) atoms. The monoisotopic (exact) mass is 403 g/mol. The number of carbonyl (C=O) groups is 3. The van der Waals surface area contributed by atoms with Gasteiger partial charge >= 0.3 is 10.8 Å². The van der Waals surface area contributed by atoms with Crippen molar-refractivity contribution >= 4 is 40.5 Å². The topological polar surface area (TPSA) is 97.7 Å². The Hall–Kier alpha value is -2.94. The maximum absolute atomic E-state index is 13.1. The van der Waals surface area contributed by atoms with Crippen molar-refractivity contribution in [3.63, 3.8) is 0 Å². The number of carbonyl (C=O) groups excluding carboxylic acids is 3. The molecule has 2 heterocycles. The molecule has 1 N–H and O–H groups in total. The van der Waals surface area contributed by atoms with Crippen molar-refractivity contribution in [2.75, 3.05) is 10.2 Å². The third kappa shape index (κ3) is 3.45. The van der Waals surface area contributed by atoms with Crippen molar-refractivity contribution in [3.8, 4) is 0 Å². The second-order valence-corrected chi connectivity index (χ2v) is 7.89. The van der Waals surface area contributed by atoms with Crippen LogP contribution in [-0.2, 0) is 25.7 Å². The first-order valence-corrected chi connectivity index (χ1v) is 9.60. The van der Waals surface area contributed by atoms with E-state index >= 15 is 0 Å². The molecule has 148 valence electrons. The number of hydrogen-bond acceptors (Lipinski definition) is 6. The smallest absolute Gasteiger partial charge is 0.326 e. The molecule has 1 atom stereocenters. The van der Waals surface area contributed by atoms with E-state index < -0.39 is 23.5 Å². The van der Waals surface area contributed by atoms with Gasteiger partial charge in [-0.05, 0) is 39.8 Å². The molecule has 9 heteroatoms. The van der Waals surface area contributed by atoms with E-state index in [2.05, 4.69) is 5.32 Å². The maximum Gasteiger partial charge on any atom is 0.326 e. The van der Waals surface area contributed by atoms with Crippen LogP contribution in [0.5, 0.6) is 0 Å². The van der Waals surface area contributed by atoms with E-state index in [1.807, 2.05) is 0 Å². The first kappa shape index (κ1) is 19.8. The molecule has 8 nitrogen and oxygen atoms in total. The Labute approximate surface area is 165 Å². The van der Waals surface area contributed by atoms with Crippen molar-refractivity contribution < 1.29 is 19.1 Å². The number of aryl methyl sites for hydroxylation is 1. The molecule has 3 rings (SSSR count). The fraction of sp³-hybridized carbons (Fsp3) is 0.368. The quantitative estimate of drug-likeness (QED) is 0.787. The van der Waals surface area contributed by atoms with Gasteiger partial charge in [0.25, 0.3) is 5.91 Å². The zero-order valence-electron chi connectivity index (χ0n) is 16.0. The van der Waals surface area contributed by atoms with Gasteiger partial charge in [-0.15, -0.1) is 0 Å². The van der Waals surface area contributed by atoms with Gasteiger partial charge in [-0.25, -0.2) is 0 Å². The standard InChI is InChI=1S/C19H21N3O5S/c1-11-10-28-18(26)21(11)9-15(23)27-12(2)16(24)22-14-8-6-5-7-13(14)20-17(25)19(22,3)4/h5-8,10,12H,9H2,1-4H3,(H,20,25)/t12-/m1/s1. The number of aromatic nitrogens is 1. The summed E-state index contributed by atoms with van der Waals surface area (Å²) < 4.78 is 6.56. The lowest BCUT2D eigenvalue weighted by atomic mass is 9.95. The molecule has 0 fully saturated rings. The molecule has 1 aromatic heterocycles. The first-order chi connectivity index (χ1) is 13.1. The summed E-state index contributed by atoms with van der Waals surface area (Å²) >= 11 is 0.993. The van der Waals surface area contributed by atoms with Crippen LogP contribution >= 0.6 is 11.3 Å². The van der Waals surface area contributed by atoms with Crippen molar-refractivity contribution in [1.82, 2.24) is 4.57 Å². The summed E-state index contributed by atoms with van der Waals surface area (Å²) in [4.78, 5) is 50.7. The third-order valence-electron chi connectivity index (χ3n) is 4.65. The fourth-order valence-electron chi connectivity index (χ4n) is 3.04. The van der Waals surface area contributed by atoms with Crippen LogP contribution in [-0.4, -0.2) is 34.0 Å². The molecule has 0 saturated heterocycles. The Morgan fingerprint density at radius 1 is 1.25 bits per heavy atom. The van der Waals surface area contributed by atoms with Crippen molar-refractivity contribution in [2.45, 2.75) is 45.9 Å². The highest BCUT2D eigenvalue weighted by molar-refractivity contribution is 7.07. The Morgan fingerprint density at radius 2 is 1.93 bits per heavy atom. The van der Waals surface area contributed by atoms with Crippen LogP contribution in [0, 0.1) is 6.92 Å². The number of ether oxygens (including phenoxy) is 1. The van der Waals surface area contributed by atoms with E-state index in [0.29, 0.717) is 17.1 Å². The van der Waals surface area contributed by atoms with Crippen LogP contribution in [0.3, 0.4) is 0 Å². The molecule has 0 bridgehead atoms. The lowest BCUT2D eigenvalue weighted by molar-refractivity contribution is -0.155. The lowest BCUT2D eigenvalue weighted by Gasteiger charge is -2.42. The van der Waals surface area contributed by atoms with Gasteiger partial charge in [-0.1, -0.05) is 23.5 Å². The van der Waals surface area contributed by atoms with Gasteiger partial charge in [0.1, 0.15) is 12.1 Å². The van der Waals surface area contributed by atoms with E-state index in [1.54, 1.807) is 50.4 Å². The summed E-state index contributed by atoms with van der Waals surface area (Å²) in [6.07, 6.45) is -1.12. The van der Waals surface area contributed by atoms with Gasteiger partial charge in [-0.2, -0.15) is 0 Å². The van der Waals surface area contributed by atoms with Crippen molar-refractivity contribution in [2.24, 2.45) is 0 Å². The predicted molar refractivity (Wildman–Crippen MR) is 106 cm³/mol. The Morgan fingerprint density at radius 3 is 2.57 bits per heavy atom. The molecule has 0 spiro atoms. The number of nitrogens with one attached hydrogen (secondary N) is 1. The number of amides is 2. The van der Waals surface area contributed by atoms with Crippen LogP contribution in [0.2, 0.25) is 0 Å². The zero-order chi connectivity index (χ0) is 20.6. The number of benzene rings is 1. The summed E-state index contributed by atoms with van der Waals surface area (Å²) in [6, 6.07) is 6.93. The number of hydrogen-bond donors (Lipinski definition) is 1. The molecular formula is C19H21N3O5S. The van der Waals surface area contributed by atoms with Crippen LogP contribution in [0.4, 0.5) is 11.4 Å². The van der Waals surface area contributed by atoms with E-state index in [1.165, 1.54) is 16.4 Å². The SMILES string of the molecule is Cc1csc(=O)n1CC(=O)O[C@H](C)C(=O)N1c2ccccc2NC(=O)C1(C)C. The van der Waals surface area contributed by atoms with E-state index in [9.17, 15) is 19.2 Å². The average molecular weight is 403 g/mol. The Balaban J connectivity index is 1.81. The van der Waals surface area contributed by atoms with Gasteiger partial charge in [0.15, 0.2) is 6.10 Å². The molecular weight excluding hydrogens is 382 g/mol. The highest BCUT2D eigenvalue weighted by Gasteiger charge is 2.45. The second kappa shape index (κ2) is 7.23. The van der Waals surface area contributed by atoms with Crippen molar-refractivity contribution in [3.05, 3.63) is 45.0 Å². The number of anilines is 2. The largest absolute Gasteiger partial charge is 0.451 e. The predicted octanol–water partition coefficient (Wildman–Crippen LogP) is 1.91. The van der Waals surface area contributed by atoms with Gasteiger partial charge in [0.2, 0.25) is 5.91 Å². The maximum atomic E-state index is 13.1. The number of rotatable bonds is 4. The first-order valence-electron chi connectivity index (χ1n) is 8.72. The minimum absolute atomic E-state index is 0.267. The van der Waals surface area contributed by atoms with E-state index in [0.717, 1.165) is 11.3 Å². The molecule has 0 aliphatic carbocycles. The number of fused-ring (bicyclic) bond motifs is 1. The molecule has 2 amide bonds. The second-order valence-electron chi connectivity index (χ2n) is 7.07. The fourth-order valence-corrected chi connectivity index (χ4v) is 3.77. The van der Waals surface area contributed by atoms with E-state index in [4.69, 9.17) is 4.74 Å². The number of thiazole rings is 1. The summed E-state index contributed by atoms with van der Waals surface area (Å²) in [5.74, 6) is -1.55. The molecule has 1 aromatic carbocycles. The summed E-state index contributed by atoms with van der Waals surface area (Å²) in [6.45, 7) is 6.14. The zero-order valence-corrected chi connectivity index (χ0v) is 16.8. The number of para-hydroxylation sites is 2. The summed E-state index contributed by atoms with van der Waals surface area (Å²) in [7, 11) is 0. The molecule has 1 aliphatic rings. The van der Waals surface area contributed by atoms with Crippen LogP contribution in [0.15, 0.2) is 34.4 Å². The Bertz CT molecular complexity index is 1010. The van der Waals surface area contributed by atoms with Crippen LogP contribution in [0.1, 0.15) is 26.5 Å². The highest BCUT2D eigenvalue weighted by Crippen LogP contribution is 2.37. The Kier molecular flexibility index (Phi) is 5.12. The third-order valence-corrected chi connectivity index (χ3v) is 5.53. The molecule has 1 aliphatic heterocycles. The summed E-state index contributed by atoms with van der Waals surface area (Å²) in [5.41, 5.74) is 0.533.